The number of para-hydroxylation sites is 1. The van der Waals surface area contributed by atoms with Gasteiger partial charge < -0.3 is 14.7 Å². The quantitative estimate of drug-likeness (QED) is 0.754. The van der Waals surface area contributed by atoms with E-state index >= 15 is 0 Å². The number of carbonyl (C=O) groups excluding carboxylic acids is 1. The second-order valence-corrected chi connectivity index (χ2v) is 5.49. The number of aryl methyl sites for hydroxylation is 1. The molecule has 1 aromatic carbocycles. The summed E-state index contributed by atoms with van der Waals surface area (Å²) in [6.07, 6.45) is 4.66. The molecule has 1 atom stereocenters. The minimum Gasteiger partial charge on any atom is -0.469 e. The zero-order valence-corrected chi connectivity index (χ0v) is 11.6. The second-order valence-electron chi connectivity index (χ2n) is 5.49. The lowest BCUT2D eigenvalue weighted by Gasteiger charge is -2.22. The average molecular weight is 280 g/mol. The van der Waals surface area contributed by atoms with Gasteiger partial charge in [-0.15, -0.1) is 0 Å². The van der Waals surface area contributed by atoms with Crippen LogP contribution in [0.5, 0.6) is 0 Å². The van der Waals surface area contributed by atoms with E-state index in [1.807, 2.05) is 36.4 Å². The first-order valence-corrected chi connectivity index (χ1v) is 7.26. The molecule has 0 fully saturated rings. The van der Waals surface area contributed by atoms with Crippen molar-refractivity contribution in [1.82, 2.24) is 10.3 Å². The Balaban J connectivity index is 1.59. The zero-order valence-electron chi connectivity index (χ0n) is 11.6. The normalized spacial score (nSPS) is 17.6. The third kappa shape index (κ3) is 2.13. The topological polar surface area (TPSA) is 58.0 Å². The summed E-state index contributed by atoms with van der Waals surface area (Å²) in [5.74, 6) is 0.938. The molecule has 4 heteroatoms. The Morgan fingerprint density at radius 2 is 2.19 bits per heavy atom. The van der Waals surface area contributed by atoms with Gasteiger partial charge in [-0.25, -0.2) is 0 Å². The number of aromatic amines is 1. The largest absolute Gasteiger partial charge is 0.469 e. The number of benzene rings is 1. The van der Waals surface area contributed by atoms with Crippen molar-refractivity contribution in [3.05, 3.63) is 59.7 Å². The highest BCUT2D eigenvalue weighted by Gasteiger charge is 2.24. The van der Waals surface area contributed by atoms with Gasteiger partial charge in [0.2, 0.25) is 0 Å². The van der Waals surface area contributed by atoms with Crippen LogP contribution in [0.15, 0.2) is 47.1 Å². The molecule has 4 nitrogen and oxygen atoms in total. The van der Waals surface area contributed by atoms with Crippen LogP contribution in [0.1, 0.15) is 40.7 Å². The summed E-state index contributed by atoms with van der Waals surface area (Å²) < 4.78 is 5.46. The smallest absolute Gasteiger partial charge is 0.268 e. The molecule has 4 rings (SSSR count). The molecule has 21 heavy (non-hydrogen) atoms. The molecule has 0 bridgehead atoms. The Morgan fingerprint density at radius 3 is 3.10 bits per heavy atom. The SMILES string of the molecule is O=C(N[C@H]1CCCc2occc21)c1cc2ccccc2[nH]1. The number of aromatic nitrogens is 1. The van der Waals surface area contributed by atoms with Gasteiger partial charge in [-0.1, -0.05) is 18.2 Å². The van der Waals surface area contributed by atoms with E-state index in [1.165, 1.54) is 0 Å². The average Bonchev–Trinajstić information content (AvgIpc) is 3.14. The summed E-state index contributed by atoms with van der Waals surface area (Å²) in [5, 5.41) is 4.16. The summed E-state index contributed by atoms with van der Waals surface area (Å²) >= 11 is 0. The van der Waals surface area contributed by atoms with E-state index in [9.17, 15) is 4.79 Å². The van der Waals surface area contributed by atoms with Crippen molar-refractivity contribution in [2.45, 2.75) is 25.3 Å². The molecule has 2 N–H and O–H groups in total. The monoisotopic (exact) mass is 280 g/mol. The molecule has 2 heterocycles. The van der Waals surface area contributed by atoms with Crippen LogP contribution in [-0.2, 0) is 6.42 Å². The van der Waals surface area contributed by atoms with E-state index in [4.69, 9.17) is 4.42 Å². The Labute approximate surface area is 122 Å². The molecule has 0 saturated heterocycles. The lowest BCUT2D eigenvalue weighted by molar-refractivity contribution is 0.0928. The Hall–Kier alpha value is -2.49. The van der Waals surface area contributed by atoms with Crippen LogP contribution in [0.25, 0.3) is 10.9 Å². The number of hydrogen-bond donors (Lipinski definition) is 2. The molecular weight excluding hydrogens is 264 g/mol. The molecular formula is C17H16N2O2. The van der Waals surface area contributed by atoms with Crippen molar-refractivity contribution < 1.29 is 9.21 Å². The van der Waals surface area contributed by atoms with Crippen LogP contribution in [0.4, 0.5) is 0 Å². The molecule has 3 aromatic rings. The van der Waals surface area contributed by atoms with Gasteiger partial charge in [0.05, 0.1) is 12.3 Å². The first kappa shape index (κ1) is 12.3. The van der Waals surface area contributed by atoms with Crippen LogP contribution in [-0.4, -0.2) is 10.9 Å². The van der Waals surface area contributed by atoms with Crippen molar-refractivity contribution in [2.24, 2.45) is 0 Å². The summed E-state index contributed by atoms with van der Waals surface area (Å²) in [6, 6.07) is 11.8. The fraction of sp³-hybridized carbons (Fsp3) is 0.235. The number of amides is 1. The van der Waals surface area contributed by atoms with E-state index < -0.39 is 0 Å². The zero-order chi connectivity index (χ0) is 14.2. The van der Waals surface area contributed by atoms with Crippen molar-refractivity contribution in [3.63, 3.8) is 0 Å². The number of carbonyl (C=O) groups is 1. The fourth-order valence-electron chi connectivity index (χ4n) is 3.07. The van der Waals surface area contributed by atoms with Gasteiger partial charge >= 0.3 is 0 Å². The maximum absolute atomic E-state index is 12.4. The Morgan fingerprint density at radius 1 is 1.29 bits per heavy atom. The number of rotatable bonds is 2. The number of H-pyrrole nitrogens is 1. The minimum atomic E-state index is -0.0646. The van der Waals surface area contributed by atoms with Crippen LogP contribution in [0, 0.1) is 0 Å². The molecule has 0 saturated carbocycles. The molecule has 0 radical (unpaired) electrons. The third-order valence-electron chi connectivity index (χ3n) is 4.13. The van der Waals surface area contributed by atoms with Gasteiger partial charge in [0, 0.05) is 22.9 Å². The maximum atomic E-state index is 12.4. The summed E-state index contributed by atoms with van der Waals surface area (Å²) in [4.78, 5) is 15.6. The number of fused-ring (bicyclic) bond motifs is 2. The van der Waals surface area contributed by atoms with Crippen molar-refractivity contribution in [2.75, 3.05) is 0 Å². The van der Waals surface area contributed by atoms with Gasteiger partial charge in [0.25, 0.3) is 5.91 Å². The molecule has 0 spiro atoms. The van der Waals surface area contributed by atoms with E-state index in [1.54, 1.807) is 6.26 Å². The van der Waals surface area contributed by atoms with Crippen molar-refractivity contribution >= 4 is 16.8 Å². The van der Waals surface area contributed by atoms with Gasteiger partial charge in [0.15, 0.2) is 0 Å². The van der Waals surface area contributed by atoms with Crippen molar-refractivity contribution in [1.29, 1.82) is 0 Å². The van der Waals surface area contributed by atoms with Crippen LogP contribution >= 0.6 is 0 Å². The second kappa shape index (κ2) is 4.81. The first-order chi connectivity index (χ1) is 10.3. The van der Waals surface area contributed by atoms with E-state index in [2.05, 4.69) is 10.3 Å². The van der Waals surface area contributed by atoms with Crippen LogP contribution in [0.3, 0.4) is 0 Å². The molecule has 1 amide bonds. The Bertz CT molecular complexity index is 767. The predicted molar refractivity (Wildman–Crippen MR) is 80.2 cm³/mol. The standard InChI is InChI=1S/C17H16N2O2/c20-17(15-10-11-4-1-2-5-13(11)18-15)19-14-6-3-7-16-12(14)8-9-21-16/h1-2,4-5,8-10,14,18H,3,6-7H2,(H,19,20)/t14-/m0/s1. The molecule has 0 unspecified atom stereocenters. The third-order valence-corrected chi connectivity index (χ3v) is 4.13. The van der Waals surface area contributed by atoms with E-state index in [-0.39, 0.29) is 11.9 Å². The van der Waals surface area contributed by atoms with Crippen LogP contribution in [0.2, 0.25) is 0 Å². The van der Waals surface area contributed by atoms with Gasteiger partial charge in [0.1, 0.15) is 11.5 Å². The lowest BCUT2D eigenvalue weighted by atomic mass is 9.93. The highest BCUT2D eigenvalue weighted by molar-refractivity contribution is 5.98. The van der Waals surface area contributed by atoms with Crippen molar-refractivity contribution in [3.8, 4) is 0 Å². The molecule has 1 aliphatic carbocycles. The number of nitrogens with one attached hydrogen (secondary N) is 2. The maximum Gasteiger partial charge on any atom is 0.268 e. The highest BCUT2D eigenvalue weighted by atomic mass is 16.3. The van der Waals surface area contributed by atoms with E-state index in [0.29, 0.717) is 5.69 Å². The number of furan rings is 1. The minimum absolute atomic E-state index is 0.0476. The first-order valence-electron chi connectivity index (χ1n) is 7.26. The van der Waals surface area contributed by atoms with E-state index in [0.717, 1.165) is 41.5 Å². The Kier molecular flexibility index (Phi) is 2.81. The molecule has 0 aliphatic heterocycles. The van der Waals surface area contributed by atoms with Gasteiger partial charge in [-0.05, 0) is 31.0 Å². The molecule has 106 valence electrons. The predicted octanol–water partition coefficient (Wildman–Crippen LogP) is 3.57. The summed E-state index contributed by atoms with van der Waals surface area (Å²) in [5.41, 5.74) is 2.70. The number of hydrogen-bond acceptors (Lipinski definition) is 2. The van der Waals surface area contributed by atoms with Gasteiger partial charge in [-0.2, -0.15) is 0 Å². The summed E-state index contributed by atoms with van der Waals surface area (Å²) in [6.45, 7) is 0. The summed E-state index contributed by atoms with van der Waals surface area (Å²) in [7, 11) is 0. The van der Waals surface area contributed by atoms with Crippen LogP contribution < -0.4 is 5.32 Å². The molecule has 1 aliphatic rings. The fourth-order valence-corrected chi connectivity index (χ4v) is 3.07. The molecule has 2 aromatic heterocycles. The lowest BCUT2D eigenvalue weighted by Crippen LogP contribution is -2.30. The highest BCUT2D eigenvalue weighted by Crippen LogP contribution is 2.30. The van der Waals surface area contributed by atoms with Gasteiger partial charge in [-0.3, -0.25) is 4.79 Å².